The molecule has 0 amide bonds. The summed E-state index contributed by atoms with van der Waals surface area (Å²) in [6.45, 7) is 6.67. The standard InChI is InChI=1S/C12H25NO2/c1-6-10(7-2)11(13(4)5)9-12(14)15-8-3/h10-11H,6-9H2,1-5H3. The number of carbonyl (C=O) groups excluding carboxylic acids is 1. The van der Waals surface area contributed by atoms with Gasteiger partial charge in [-0.1, -0.05) is 26.7 Å². The summed E-state index contributed by atoms with van der Waals surface area (Å²) in [5.74, 6) is 0.493. The molecule has 3 heteroatoms. The number of rotatable bonds is 7. The second-order valence-corrected chi connectivity index (χ2v) is 4.12. The molecule has 0 aliphatic rings. The Morgan fingerprint density at radius 2 is 1.73 bits per heavy atom. The predicted octanol–water partition coefficient (Wildman–Crippen LogP) is 2.31. The van der Waals surface area contributed by atoms with Crippen LogP contribution in [0, 0.1) is 5.92 Å². The van der Waals surface area contributed by atoms with Crippen molar-refractivity contribution in [1.29, 1.82) is 0 Å². The molecule has 0 aliphatic carbocycles. The van der Waals surface area contributed by atoms with Crippen LogP contribution in [0.1, 0.15) is 40.0 Å². The van der Waals surface area contributed by atoms with Crippen LogP contribution in [-0.2, 0) is 9.53 Å². The molecule has 0 aromatic carbocycles. The molecule has 0 saturated heterocycles. The average Bonchev–Trinajstić information content (AvgIpc) is 2.18. The molecule has 0 aliphatic heterocycles. The normalized spacial score (nSPS) is 13.3. The molecule has 0 N–H and O–H groups in total. The lowest BCUT2D eigenvalue weighted by Crippen LogP contribution is -2.37. The minimum absolute atomic E-state index is 0.0805. The summed E-state index contributed by atoms with van der Waals surface area (Å²) in [6, 6.07) is 0.305. The van der Waals surface area contributed by atoms with Gasteiger partial charge in [0.25, 0.3) is 0 Å². The van der Waals surface area contributed by atoms with E-state index in [1.165, 1.54) is 0 Å². The van der Waals surface area contributed by atoms with Crippen LogP contribution in [0.3, 0.4) is 0 Å². The van der Waals surface area contributed by atoms with E-state index in [0.717, 1.165) is 12.8 Å². The van der Waals surface area contributed by atoms with Crippen molar-refractivity contribution in [2.45, 2.75) is 46.1 Å². The second-order valence-electron chi connectivity index (χ2n) is 4.12. The van der Waals surface area contributed by atoms with Gasteiger partial charge in [-0.05, 0) is 26.9 Å². The third-order valence-electron chi connectivity index (χ3n) is 2.94. The van der Waals surface area contributed by atoms with Crippen LogP contribution in [0.15, 0.2) is 0 Å². The molecule has 0 saturated carbocycles. The van der Waals surface area contributed by atoms with E-state index in [-0.39, 0.29) is 5.97 Å². The van der Waals surface area contributed by atoms with Gasteiger partial charge in [-0.2, -0.15) is 0 Å². The smallest absolute Gasteiger partial charge is 0.307 e. The predicted molar refractivity (Wildman–Crippen MR) is 62.8 cm³/mol. The monoisotopic (exact) mass is 215 g/mol. The molecule has 1 atom stereocenters. The van der Waals surface area contributed by atoms with Crippen molar-refractivity contribution in [3.63, 3.8) is 0 Å². The van der Waals surface area contributed by atoms with Gasteiger partial charge in [0.05, 0.1) is 13.0 Å². The van der Waals surface area contributed by atoms with Gasteiger partial charge in [-0.15, -0.1) is 0 Å². The molecule has 1 unspecified atom stereocenters. The first-order chi connectivity index (χ1) is 7.06. The summed E-state index contributed by atoms with van der Waals surface area (Å²) in [6.07, 6.45) is 2.73. The molecule has 0 rings (SSSR count). The Kier molecular flexibility index (Phi) is 7.39. The molecule has 0 aromatic heterocycles. The van der Waals surface area contributed by atoms with Crippen LogP contribution >= 0.6 is 0 Å². The Morgan fingerprint density at radius 1 is 1.20 bits per heavy atom. The topological polar surface area (TPSA) is 29.5 Å². The lowest BCUT2D eigenvalue weighted by molar-refractivity contribution is -0.144. The molecule has 3 nitrogen and oxygen atoms in total. The highest BCUT2D eigenvalue weighted by Crippen LogP contribution is 2.20. The van der Waals surface area contributed by atoms with Gasteiger partial charge in [0.15, 0.2) is 0 Å². The molecule has 15 heavy (non-hydrogen) atoms. The van der Waals surface area contributed by atoms with Crippen molar-refractivity contribution in [3.8, 4) is 0 Å². The van der Waals surface area contributed by atoms with Crippen LogP contribution in [-0.4, -0.2) is 37.6 Å². The number of carbonyl (C=O) groups is 1. The van der Waals surface area contributed by atoms with Crippen molar-refractivity contribution in [2.75, 3.05) is 20.7 Å². The first kappa shape index (κ1) is 14.4. The largest absolute Gasteiger partial charge is 0.466 e. The quantitative estimate of drug-likeness (QED) is 0.610. The number of ether oxygens (including phenoxy) is 1. The summed E-state index contributed by atoms with van der Waals surface area (Å²) in [4.78, 5) is 13.6. The van der Waals surface area contributed by atoms with Crippen LogP contribution in [0.5, 0.6) is 0 Å². The van der Waals surface area contributed by atoms with E-state index in [9.17, 15) is 4.79 Å². The van der Waals surface area contributed by atoms with Crippen LogP contribution in [0.2, 0.25) is 0 Å². The van der Waals surface area contributed by atoms with E-state index in [1.54, 1.807) is 0 Å². The Labute approximate surface area is 93.8 Å². The van der Waals surface area contributed by atoms with Gasteiger partial charge >= 0.3 is 5.97 Å². The summed E-state index contributed by atoms with van der Waals surface area (Å²) >= 11 is 0. The molecule has 0 heterocycles. The number of nitrogens with zero attached hydrogens (tertiary/aromatic N) is 1. The van der Waals surface area contributed by atoms with Crippen LogP contribution in [0.25, 0.3) is 0 Å². The first-order valence-electron chi connectivity index (χ1n) is 5.88. The fraction of sp³-hybridized carbons (Fsp3) is 0.917. The summed E-state index contributed by atoms with van der Waals surface area (Å²) < 4.78 is 5.00. The van der Waals surface area contributed by atoms with Crippen molar-refractivity contribution >= 4 is 5.97 Å². The Hall–Kier alpha value is -0.570. The molecule has 90 valence electrons. The molecule has 0 aromatic rings. The van der Waals surface area contributed by atoms with E-state index in [1.807, 2.05) is 21.0 Å². The molecular weight excluding hydrogens is 190 g/mol. The average molecular weight is 215 g/mol. The maximum absolute atomic E-state index is 11.4. The highest BCUT2D eigenvalue weighted by Gasteiger charge is 2.23. The van der Waals surface area contributed by atoms with E-state index >= 15 is 0 Å². The second kappa shape index (κ2) is 7.69. The summed E-state index contributed by atoms with van der Waals surface area (Å²) in [5.41, 5.74) is 0. The zero-order chi connectivity index (χ0) is 11.8. The van der Waals surface area contributed by atoms with Gasteiger partial charge in [0.2, 0.25) is 0 Å². The summed E-state index contributed by atoms with van der Waals surface area (Å²) in [7, 11) is 4.06. The Morgan fingerprint density at radius 3 is 2.07 bits per heavy atom. The zero-order valence-corrected chi connectivity index (χ0v) is 10.7. The lowest BCUT2D eigenvalue weighted by atomic mass is 9.91. The molecular formula is C12H25NO2. The SMILES string of the molecule is CCOC(=O)CC(C(CC)CC)N(C)C. The molecule has 0 radical (unpaired) electrons. The summed E-state index contributed by atoms with van der Waals surface area (Å²) in [5, 5.41) is 0. The lowest BCUT2D eigenvalue weighted by Gasteiger charge is -2.30. The molecule has 0 spiro atoms. The van der Waals surface area contributed by atoms with E-state index in [0.29, 0.717) is 25.0 Å². The van der Waals surface area contributed by atoms with E-state index < -0.39 is 0 Å². The number of hydrogen-bond donors (Lipinski definition) is 0. The Balaban J connectivity index is 4.32. The first-order valence-corrected chi connectivity index (χ1v) is 5.88. The third kappa shape index (κ3) is 5.17. The maximum Gasteiger partial charge on any atom is 0.307 e. The van der Waals surface area contributed by atoms with E-state index in [4.69, 9.17) is 4.74 Å². The number of esters is 1. The van der Waals surface area contributed by atoms with Crippen molar-refractivity contribution in [3.05, 3.63) is 0 Å². The minimum atomic E-state index is -0.0805. The van der Waals surface area contributed by atoms with Gasteiger partial charge in [-0.25, -0.2) is 0 Å². The van der Waals surface area contributed by atoms with Crippen molar-refractivity contribution in [2.24, 2.45) is 5.92 Å². The Bertz CT molecular complexity index is 176. The fourth-order valence-corrected chi connectivity index (χ4v) is 1.99. The molecule has 0 bridgehead atoms. The van der Waals surface area contributed by atoms with Crippen LogP contribution < -0.4 is 0 Å². The van der Waals surface area contributed by atoms with Gasteiger partial charge < -0.3 is 9.64 Å². The molecule has 0 fully saturated rings. The van der Waals surface area contributed by atoms with Crippen molar-refractivity contribution in [1.82, 2.24) is 4.90 Å². The fourth-order valence-electron chi connectivity index (χ4n) is 1.99. The van der Waals surface area contributed by atoms with Gasteiger partial charge in [0.1, 0.15) is 0 Å². The minimum Gasteiger partial charge on any atom is -0.466 e. The highest BCUT2D eigenvalue weighted by atomic mass is 16.5. The third-order valence-corrected chi connectivity index (χ3v) is 2.94. The van der Waals surface area contributed by atoms with E-state index in [2.05, 4.69) is 18.7 Å². The maximum atomic E-state index is 11.4. The van der Waals surface area contributed by atoms with Crippen LogP contribution in [0.4, 0.5) is 0 Å². The number of hydrogen-bond acceptors (Lipinski definition) is 3. The zero-order valence-electron chi connectivity index (χ0n) is 10.7. The van der Waals surface area contributed by atoms with Gasteiger partial charge in [-0.3, -0.25) is 4.79 Å². The van der Waals surface area contributed by atoms with Crippen molar-refractivity contribution < 1.29 is 9.53 Å². The van der Waals surface area contributed by atoms with Gasteiger partial charge in [0, 0.05) is 6.04 Å². The highest BCUT2D eigenvalue weighted by molar-refractivity contribution is 5.70.